The normalized spacial score (nSPS) is 12.2. The van der Waals surface area contributed by atoms with Crippen molar-refractivity contribution in [2.75, 3.05) is 0 Å². The van der Waals surface area contributed by atoms with Gasteiger partial charge < -0.3 is 5.32 Å². The van der Waals surface area contributed by atoms with Gasteiger partial charge in [0, 0.05) is 17.3 Å². The number of nitriles is 1. The summed E-state index contributed by atoms with van der Waals surface area (Å²) in [6, 6.07) is 12.0. The Morgan fingerprint density at radius 2 is 1.79 bits per heavy atom. The van der Waals surface area contributed by atoms with Crippen LogP contribution < -0.4 is 5.32 Å². The van der Waals surface area contributed by atoms with Crippen LogP contribution in [0.5, 0.6) is 0 Å². The van der Waals surface area contributed by atoms with E-state index in [0.717, 1.165) is 41.5 Å². The lowest BCUT2D eigenvalue weighted by Gasteiger charge is -2.25. The number of nitrogens with zero attached hydrogens (tertiary/aromatic N) is 2. The first-order valence-corrected chi connectivity index (χ1v) is 10.2. The van der Waals surface area contributed by atoms with Crippen molar-refractivity contribution in [1.82, 2.24) is 10.3 Å². The number of unbranched alkanes of at least 4 members (excludes halogenated alkanes) is 1. The first kappa shape index (κ1) is 22.4. The highest BCUT2D eigenvalue weighted by Crippen LogP contribution is 2.31. The number of hydrogen-bond donors (Lipinski definition) is 1. The predicted molar refractivity (Wildman–Crippen MR) is 118 cm³/mol. The van der Waals surface area contributed by atoms with Crippen molar-refractivity contribution < 1.29 is 4.79 Å². The zero-order valence-electron chi connectivity index (χ0n) is 18.4. The number of pyridine rings is 1. The standard InChI is InChI=1S/C25H31N3O/c1-7-8-9-19-10-11-22(27-16-19)24(29)28-23(25(4,5)6)21(15-26)20-13-17(2)12-18(3)14-20/h10-14,16H,7-9H2,1-6H3,(H,28,29). The number of hydrogen-bond acceptors (Lipinski definition) is 3. The summed E-state index contributed by atoms with van der Waals surface area (Å²) >= 11 is 0. The molecule has 0 spiro atoms. The minimum atomic E-state index is -0.417. The number of aromatic nitrogens is 1. The Bertz CT molecular complexity index is 921. The summed E-state index contributed by atoms with van der Waals surface area (Å²) in [6.45, 7) is 12.1. The number of carbonyl (C=O) groups excluding carboxylic acids is 1. The Labute approximate surface area is 174 Å². The van der Waals surface area contributed by atoms with E-state index in [4.69, 9.17) is 0 Å². The van der Waals surface area contributed by atoms with Crippen molar-refractivity contribution in [1.29, 1.82) is 5.26 Å². The Morgan fingerprint density at radius 3 is 2.28 bits per heavy atom. The fraction of sp³-hybridized carbons (Fsp3) is 0.400. The summed E-state index contributed by atoms with van der Waals surface area (Å²) < 4.78 is 0. The number of allylic oxidation sites excluding steroid dienone is 2. The van der Waals surface area contributed by atoms with Gasteiger partial charge in [-0.15, -0.1) is 0 Å². The highest BCUT2D eigenvalue weighted by Gasteiger charge is 2.25. The van der Waals surface area contributed by atoms with Crippen LogP contribution in [0.1, 0.15) is 73.3 Å². The fourth-order valence-corrected chi connectivity index (χ4v) is 3.27. The molecule has 0 aliphatic rings. The second-order valence-electron chi connectivity index (χ2n) is 8.60. The molecular formula is C25H31N3O. The molecule has 0 saturated carbocycles. The van der Waals surface area contributed by atoms with Crippen LogP contribution in [0.3, 0.4) is 0 Å². The van der Waals surface area contributed by atoms with Crippen molar-refractivity contribution in [2.24, 2.45) is 5.41 Å². The number of amides is 1. The van der Waals surface area contributed by atoms with Crippen molar-refractivity contribution in [3.8, 4) is 6.07 Å². The molecule has 2 rings (SSSR count). The molecule has 1 heterocycles. The lowest BCUT2D eigenvalue weighted by atomic mass is 9.86. The summed E-state index contributed by atoms with van der Waals surface area (Å²) in [5.41, 5.74) is 5.13. The van der Waals surface area contributed by atoms with Crippen molar-refractivity contribution in [2.45, 2.75) is 60.8 Å². The SMILES string of the molecule is CCCCc1ccc(C(=O)NC(=C(C#N)c2cc(C)cc(C)c2)C(C)(C)C)nc1. The maximum atomic E-state index is 12.9. The van der Waals surface area contributed by atoms with E-state index in [1.165, 1.54) is 0 Å². The van der Waals surface area contributed by atoms with Crippen LogP contribution in [-0.4, -0.2) is 10.9 Å². The molecule has 0 radical (unpaired) electrons. The third-order valence-corrected chi connectivity index (χ3v) is 4.74. The first-order valence-electron chi connectivity index (χ1n) is 10.2. The van der Waals surface area contributed by atoms with Gasteiger partial charge in [0.15, 0.2) is 0 Å². The smallest absolute Gasteiger partial charge is 0.274 e. The zero-order chi connectivity index (χ0) is 21.6. The Morgan fingerprint density at radius 1 is 1.14 bits per heavy atom. The van der Waals surface area contributed by atoms with Crippen LogP contribution in [-0.2, 0) is 6.42 Å². The third kappa shape index (κ3) is 6.02. The molecule has 0 aliphatic heterocycles. The van der Waals surface area contributed by atoms with Crippen LogP contribution in [0.4, 0.5) is 0 Å². The largest absolute Gasteiger partial charge is 0.322 e. The summed E-state index contributed by atoms with van der Waals surface area (Å²) in [7, 11) is 0. The highest BCUT2D eigenvalue weighted by molar-refractivity contribution is 5.95. The molecule has 4 nitrogen and oxygen atoms in total. The maximum absolute atomic E-state index is 12.9. The molecule has 0 aliphatic carbocycles. The molecule has 29 heavy (non-hydrogen) atoms. The van der Waals surface area contributed by atoms with Crippen molar-refractivity contribution in [3.63, 3.8) is 0 Å². The minimum absolute atomic E-state index is 0.297. The lowest BCUT2D eigenvalue weighted by molar-refractivity contribution is 0.0953. The average Bonchev–Trinajstić information content (AvgIpc) is 2.65. The molecular weight excluding hydrogens is 358 g/mol. The molecule has 2 aromatic rings. The Balaban J connectivity index is 2.41. The van der Waals surface area contributed by atoms with Crippen LogP contribution in [0.2, 0.25) is 0 Å². The quantitative estimate of drug-likeness (QED) is 0.640. The molecule has 152 valence electrons. The average molecular weight is 390 g/mol. The highest BCUT2D eigenvalue weighted by atomic mass is 16.1. The molecule has 4 heteroatoms. The second-order valence-corrected chi connectivity index (χ2v) is 8.60. The molecule has 1 amide bonds. The van der Waals surface area contributed by atoms with E-state index in [1.54, 1.807) is 12.3 Å². The monoisotopic (exact) mass is 389 g/mol. The summed E-state index contributed by atoms with van der Waals surface area (Å²) in [6.07, 6.45) is 4.95. The maximum Gasteiger partial charge on any atom is 0.274 e. The van der Waals surface area contributed by atoms with Gasteiger partial charge in [-0.3, -0.25) is 9.78 Å². The minimum Gasteiger partial charge on any atom is -0.322 e. The van der Waals surface area contributed by atoms with Gasteiger partial charge in [-0.1, -0.05) is 69.5 Å². The molecule has 1 aromatic heterocycles. The summed E-state index contributed by atoms with van der Waals surface area (Å²) in [5, 5.41) is 12.9. The number of aryl methyl sites for hydroxylation is 3. The van der Waals surface area contributed by atoms with Crippen LogP contribution in [0.25, 0.3) is 5.57 Å². The summed E-state index contributed by atoms with van der Waals surface area (Å²) in [5.74, 6) is -0.297. The van der Waals surface area contributed by atoms with Crippen LogP contribution >= 0.6 is 0 Å². The van der Waals surface area contributed by atoms with Gasteiger partial charge in [-0.05, 0) is 43.9 Å². The first-order chi connectivity index (χ1) is 13.7. The van der Waals surface area contributed by atoms with Crippen molar-refractivity contribution in [3.05, 3.63) is 70.2 Å². The van der Waals surface area contributed by atoms with Gasteiger partial charge in [-0.2, -0.15) is 5.26 Å². The van der Waals surface area contributed by atoms with Gasteiger partial charge >= 0.3 is 0 Å². The molecule has 0 atom stereocenters. The number of rotatable bonds is 6. The Kier molecular flexibility index (Phi) is 7.34. The Hall–Kier alpha value is -2.93. The van der Waals surface area contributed by atoms with Gasteiger partial charge in [0.1, 0.15) is 11.8 Å². The molecule has 1 aromatic carbocycles. The number of nitrogens with one attached hydrogen (secondary N) is 1. The molecule has 0 fully saturated rings. The predicted octanol–water partition coefficient (Wildman–Crippen LogP) is 5.75. The lowest BCUT2D eigenvalue weighted by Crippen LogP contribution is -2.31. The van der Waals surface area contributed by atoms with E-state index in [1.807, 2.05) is 52.8 Å². The van der Waals surface area contributed by atoms with E-state index in [9.17, 15) is 10.1 Å². The summed E-state index contributed by atoms with van der Waals surface area (Å²) in [4.78, 5) is 17.2. The number of carbonyl (C=O) groups is 1. The van der Waals surface area contributed by atoms with E-state index in [-0.39, 0.29) is 5.91 Å². The van der Waals surface area contributed by atoms with Gasteiger partial charge in [0.25, 0.3) is 5.91 Å². The van der Waals surface area contributed by atoms with E-state index < -0.39 is 5.41 Å². The van der Waals surface area contributed by atoms with Gasteiger partial charge in [-0.25, -0.2) is 0 Å². The van der Waals surface area contributed by atoms with Crippen LogP contribution in [0.15, 0.2) is 42.2 Å². The molecule has 0 unspecified atom stereocenters. The van der Waals surface area contributed by atoms with E-state index in [0.29, 0.717) is 17.0 Å². The molecule has 1 N–H and O–H groups in total. The molecule has 0 saturated heterocycles. The van der Waals surface area contributed by atoms with Gasteiger partial charge in [0.2, 0.25) is 0 Å². The zero-order valence-corrected chi connectivity index (χ0v) is 18.4. The third-order valence-electron chi connectivity index (χ3n) is 4.74. The topological polar surface area (TPSA) is 65.8 Å². The van der Waals surface area contributed by atoms with Crippen molar-refractivity contribution >= 4 is 11.5 Å². The molecule has 0 bridgehead atoms. The fourth-order valence-electron chi connectivity index (χ4n) is 3.27. The second kappa shape index (κ2) is 9.52. The van der Waals surface area contributed by atoms with E-state index in [2.05, 4.69) is 29.4 Å². The van der Waals surface area contributed by atoms with Gasteiger partial charge in [0.05, 0.1) is 5.57 Å². The van der Waals surface area contributed by atoms with Crippen LogP contribution in [0, 0.1) is 30.6 Å². The van der Waals surface area contributed by atoms with E-state index >= 15 is 0 Å². The number of benzene rings is 1.